The summed E-state index contributed by atoms with van der Waals surface area (Å²) < 4.78 is 9.23. The first-order chi connectivity index (χ1) is 13.4. The van der Waals surface area contributed by atoms with Crippen LogP contribution in [0.4, 0.5) is 0 Å². The maximum atomic E-state index is 12.5. The molecule has 1 amide bonds. The number of hydrogen-bond acceptors (Lipinski definition) is 4. The monoisotopic (exact) mass is 401 g/mol. The van der Waals surface area contributed by atoms with E-state index in [-0.39, 0.29) is 18.7 Å². The summed E-state index contributed by atoms with van der Waals surface area (Å²) in [6, 6.07) is 6.93. The number of halogens is 1. The van der Waals surface area contributed by atoms with Gasteiger partial charge in [0.25, 0.3) is 5.91 Å². The van der Waals surface area contributed by atoms with E-state index in [2.05, 4.69) is 15.5 Å². The van der Waals surface area contributed by atoms with Gasteiger partial charge in [-0.3, -0.25) is 9.48 Å². The van der Waals surface area contributed by atoms with Gasteiger partial charge in [-0.25, -0.2) is 4.68 Å². The van der Waals surface area contributed by atoms with E-state index in [1.807, 2.05) is 44.5 Å². The lowest BCUT2D eigenvalue weighted by molar-refractivity contribution is 0.0932. The zero-order valence-corrected chi connectivity index (χ0v) is 17.2. The Labute approximate surface area is 169 Å². The van der Waals surface area contributed by atoms with Crippen molar-refractivity contribution in [1.82, 2.24) is 24.9 Å². The van der Waals surface area contributed by atoms with Gasteiger partial charge in [0.1, 0.15) is 11.4 Å². The molecule has 0 spiro atoms. The number of rotatable bonds is 7. The molecule has 0 bridgehead atoms. The van der Waals surface area contributed by atoms with Gasteiger partial charge in [0.2, 0.25) is 0 Å². The van der Waals surface area contributed by atoms with Gasteiger partial charge in [-0.15, -0.1) is 0 Å². The lowest BCUT2D eigenvalue weighted by atomic mass is 10.1. The summed E-state index contributed by atoms with van der Waals surface area (Å²) in [6.07, 6.45) is 3.51. The van der Waals surface area contributed by atoms with Gasteiger partial charge >= 0.3 is 0 Å². The van der Waals surface area contributed by atoms with Gasteiger partial charge in [0.15, 0.2) is 6.73 Å². The summed E-state index contributed by atoms with van der Waals surface area (Å²) in [7, 11) is 0. The van der Waals surface area contributed by atoms with E-state index in [1.54, 1.807) is 29.2 Å². The molecule has 1 atom stereocenters. The van der Waals surface area contributed by atoms with Crippen LogP contribution in [-0.2, 0) is 13.3 Å². The van der Waals surface area contributed by atoms with Crippen LogP contribution in [0.25, 0.3) is 0 Å². The van der Waals surface area contributed by atoms with Crippen molar-refractivity contribution in [2.45, 2.75) is 47.0 Å². The molecule has 1 aromatic carbocycles. The molecule has 1 unspecified atom stereocenters. The molecule has 148 valence electrons. The second-order valence-electron chi connectivity index (χ2n) is 6.62. The number of amides is 1. The van der Waals surface area contributed by atoms with E-state index in [9.17, 15) is 4.79 Å². The van der Waals surface area contributed by atoms with Crippen molar-refractivity contribution in [2.24, 2.45) is 0 Å². The third-order valence-electron chi connectivity index (χ3n) is 4.62. The summed E-state index contributed by atoms with van der Waals surface area (Å²) in [4.78, 5) is 12.5. The fourth-order valence-corrected chi connectivity index (χ4v) is 3.25. The van der Waals surface area contributed by atoms with Gasteiger partial charge < -0.3 is 10.1 Å². The quantitative estimate of drug-likeness (QED) is 0.651. The molecule has 0 radical (unpaired) electrons. The van der Waals surface area contributed by atoms with Crippen LogP contribution in [0.5, 0.6) is 5.75 Å². The number of carbonyl (C=O) groups excluding carboxylic acids is 1. The van der Waals surface area contributed by atoms with Crippen molar-refractivity contribution < 1.29 is 9.53 Å². The maximum absolute atomic E-state index is 12.5. The van der Waals surface area contributed by atoms with Crippen LogP contribution < -0.4 is 10.1 Å². The van der Waals surface area contributed by atoms with Crippen molar-refractivity contribution in [1.29, 1.82) is 0 Å². The van der Waals surface area contributed by atoms with Gasteiger partial charge in [-0.2, -0.15) is 10.2 Å². The number of aromatic nitrogens is 4. The molecule has 0 aliphatic heterocycles. The van der Waals surface area contributed by atoms with E-state index in [0.717, 1.165) is 29.1 Å². The molecule has 8 heteroatoms. The smallest absolute Gasteiger partial charge is 0.272 e. The highest BCUT2D eigenvalue weighted by atomic mass is 35.5. The third-order valence-corrected chi connectivity index (χ3v) is 4.85. The van der Waals surface area contributed by atoms with E-state index in [4.69, 9.17) is 16.3 Å². The maximum Gasteiger partial charge on any atom is 0.272 e. The number of benzene rings is 1. The third kappa shape index (κ3) is 4.36. The molecule has 0 fully saturated rings. The molecular weight excluding hydrogens is 378 g/mol. The first-order valence-corrected chi connectivity index (χ1v) is 9.52. The lowest BCUT2D eigenvalue weighted by Gasteiger charge is -2.13. The zero-order valence-electron chi connectivity index (χ0n) is 16.4. The van der Waals surface area contributed by atoms with Gasteiger partial charge in [-0.1, -0.05) is 11.6 Å². The Kier molecular flexibility index (Phi) is 6.04. The van der Waals surface area contributed by atoms with Crippen LogP contribution in [0.1, 0.15) is 47.2 Å². The minimum absolute atomic E-state index is 0.161. The van der Waals surface area contributed by atoms with E-state index < -0.39 is 0 Å². The lowest BCUT2D eigenvalue weighted by Crippen LogP contribution is -2.27. The van der Waals surface area contributed by atoms with Crippen molar-refractivity contribution in [2.75, 3.05) is 0 Å². The van der Waals surface area contributed by atoms with Gasteiger partial charge in [0.05, 0.1) is 12.2 Å². The molecule has 0 aliphatic rings. The highest BCUT2D eigenvalue weighted by Gasteiger charge is 2.17. The molecule has 1 N–H and O–H groups in total. The van der Waals surface area contributed by atoms with Crippen LogP contribution in [0, 0.1) is 13.8 Å². The summed E-state index contributed by atoms with van der Waals surface area (Å²) in [5.41, 5.74) is 3.32. The Bertz CT molecular complexity index is 979. The zero-order chi connectivity index (χ0) is 20.3. The Morgan fingerprint density at radius 2 is 2.11 bits per heavy atom. The number of carbonyl (C=O) groups is 1. The predicted octanol–water partition coefficient (Wildman–Crippen LogP) is 3.90. The Hall–Kier alpha value is -2.80. The molecule has 0 saturated carbocycles. The average molecular weight is 402 g/mol. The molecule has 3 rings (SSSR count). The highest BCUT2D eigenvalue weighted by Crippen LogP contribution is 2.22. The first kappa shape index (κ1) is 19.9. The topological polar surface area (TPSA) is 74.0 Å². The molecule has 28 heavy (non-hydrogen) atoms. The highest BCUT2D eigenvalue weighted by molar-refractivity contribution is 6.30. The fourth-order valence-electron chi connectivity index (χ4n) is 3.02. The fraction of sp³-hybridized carbons (Fsp3) is 0.350. The minimum Gasteiger partial charge on any atom is -0.471 e. The van der Waals surface area contributed by atoms with Crippen LogP contribution in [-0.4, -0.2) is 25.5 Å². The molecule has 3 aromatic rings. The van der Waals surface area contributed by atoms with Crippen LogP contribution >= 0.6 is 11.6 Å². The van der Waals surface area contributed by atoms with Crippen LogP contribution in [0.2, 0.25) is 5.02 Å². The number of nitrogens with one attached hydrogen (secondary N) is 1. The van der Waals surface area contributed by atoms with E-state index in [1.165, 1.54) is 0 Å². The predicted molar refractivity (Wildman–Crippen MR) is 108 cm³/mol. The van der Waals surface area contributed by atoms with Crippen molar-refractivity contribution in [3.63, 3.8) is 0 Å². The molecule has 0 saturated heterocycles. The SMILES string of the molecule is CCn1ncc(C(C)NC(=O)c2ccn(COc3ccc(Cl)cc3C)n2)c1C. The molecule has 0 aliphatic carbocycles. The Balaban J connectivity index is 1.61. The Morgan fingerprint density at radius 1 is 1.32 bits per heavy atom. The van der Waals surface area contributed by atoms with Crippen LogP contribution in [0.3, 0.4) is 0 Å². The standard InChI is InChI=1S/C20H24ClN5O2/c1-5-26-15(4)17(11-22-26)14(3)23-20(27)18-8-9-25(24-18)12-28-19-7-6-16(21)10-13(19)2/h6-11,14H,5,12H2,1-4H3,(H,23,27). The molecule has 2 heterocycles. The first-order valence-electron chi connectivity index (χ1n) is 9.14. The van der Waals surface area contributed by atoms with E-state index in [0.29, 0.717) is 10.7 Å². The van der Waals surface area contributed by atoms with Gasteiger partial charge in [-0.05, 0) is 57.5 Å². The molecule has 7 nitrogen and oxygen atoms in total. The van der Waals surface area contributed by atoms with Gasteiger partial charge in [0, 0.05) is 29.0 Å². The van der Waals surface area contributed by atoms with Crippen molar-refractivity contribution in [3.8, 4) is 5.75 Å². The number of ether oxygens (including phenoxy) is 1. The van der Waals surface area contributed by atoms with Crippen molar-refractivity contribution >= 4 is 17.5 Å². The number of hydrogen-bond donors (Lipinski definition) is 1. The second-order valence-corrected chi connectivity index (χ2v) is 7.06. The van der Waals surface area contributed by atoms with E-state index >= 15 is 0 Å². The number of aryl methyl sites for hydroxylation is 2. The normalized spacial score (nSPS) is 12.0. The van der Waals surface area contributed by atoms with Crippen LogP contribution in [0.15, 0.2) is 36.7 Å². The number of nitrogens with zero attached hydrogens (tertiary/aromatic N) is 4. The summed E-state index contributed by atoms with van der Waals surface area (Å²) in [5.74, 6) is 0.487. The summed E-state index contributed by atoms with van der Waals surface area (Å²) >= 11 is 5.95. The summed E-state index contributed by atoms with van der Waals surface area (Å²) in [5, 5.41) is 12.3. The second kappa shape index (κ2) is 8.48. The average Bonchev–Trinajstić information content (AvgIpc) is 3.27. The molecule has 2 aromatic heterocycles. The largest absolute Gasteiger partial charge is 0.471 e. The minimum atomic E-state index is -0.238. The summed E-state index contributed by atoms with van der Waals surface area (Å²) in [6.45, 7) is 8.89. The van der Waals surface area contributed by atoms with Crippen molar-refractivity contribution in [3.05, 3.63) is 64.2 Å². The molecular formula is C20H24ClN5O2. The Morgan fingerprint density at radius 3 is 2.79 bits per heavy atom.